The molecule has 1 aromatic heterocycles. The fourth-order valence-corrected chi connectivity index (χ4v) is 2.11. The number of nitrogens with zero attached hydrogens (tertiary/aromatic N) is 2. The van der Waals surface area contributed by atoms with Gasteiger partial charge < -0.3 is 10.5 Å². The molecule has 0 unspecified atom stereocenters. The van der Waals surface area contributed by atoms with Crippen molar-refractivity contribution in [2.45, 2.75) is 0 Å². The molecule has 0 saturated carbocycles. The summed E-state index contributed by atoms with van der Waals surface area (Å²) in [6.07, 6.45) is 0. The minimum atomic E-state index is -0.970. The summed E-state index contributed by atoms with van der Waals surface area (Å²) >= 11 is 0. The summed E-state index contributed by atoms with van der Waals surface area (Å²) < 4.78 is 33.8. The van der Waals surface area contributed by atoms with Crippen molar-refractivity contribution in [2.24, 2.45) is 0 Å². The van der Waals surface area contributed by atoms with Crippen LogP contribution < -0.4 is 10.5 Å². The fraction of sp³-hybridized carbons (Fsp3) is 0.0714. The molecule has 0 fully saturated rings. The highest BCUT2D eigenvalue weighted by atomic mass is 19.2. The molecule has 3 rings (SSSR count). The van der Waals surface area contributed by atoms with Crippen LogP contribution in [0, 0.1) is 11.6 Å². The van der Waals surface area contributed by atoms with Crippen LogP contribution in [0.15, 0.2) is 36.4 Å². The molecule has 0 radical (unpaired) electrons. The normalized spacial score (nSPS) is 10.9. The van der Waals surface area contributed by atoms with Gasteiger partial charge in [-0.15, -0.1) is 0 Å². The minimum absolute atomic E-state index is 0.0210. The second-order valence-electron chi connectivity index (χ2n) is 4.23. The zero-order valence-corrected chi connectivity index (χ0v) is 10.6. The average molecular weight is 275 g/mol. The average Bonchev–Trinajstić information content (AvgIpc) is 2.80. The van der Waals surface area contributed by atoms with Gasteiger partial charge >= 0.3 is 0 Å². The summed E-state index contributed by atoms with van der Waals surface area (Å²) in [5.74, 6) is -1.16. The Balaban J connectivity index is 2.29. The molecule has 3 aromatic rings. The van der Waals surface area contributed by atoms with Crippen molar-refractivity contribution < 1.29 is 13.5 Å². The molecule has 0 aliphatic rings. The molecule has 0 saturated heterocycles. The lowest BCUT2D eigenvalue weighted by molar-refractivity contribution is 0.415. The molecule has 1 heterocycles. The molecular weight excluding hydrogens is 264 g/mol. The van der Waals surface area contributed by atoms with E-state index < -0.39 is 11.6 Å². The summed E-state index contributed by atoms with van der Waals surface area (Å²) in [4.78, 5) is 4.04. The van der Waals surface area contributed by atoms with Crippen molar-refractivity contribution in [1.29, 1.82) is 0 Å². The molecule has 0 atom stereocenters. The van der Waals surface area contributed by atoms with Gasteiger partial charge in [0.25, 0.3) is 0 Å². The largest absolute Gasteiger partial charge is 0.497 e. The second-order valence-corrected chi connectivity index (χ2v) is 4.23. The number of hydrogen-bond donors (Lipinski definition) is 1. The Labute approximate surface area is 113 Å². The van der Waals surface area contributed by atoms with Gasteiger partial charge in [0.2, 0.25) is 5.95 Å². The van der Waals surface area contributed by atoms with Crippen molar-refractivity contribution in [3.63, 3.8) is 0 Å². The van der Waals surface area contributed by atoms with E-state index in [0.29, 0.717) is 17.0 Å². The number of fused-ring (bicyclic) bond motifs is 1. The number of rotatable bonds is 2. The number of benzene rings is 2. The third-order valence-electron chi connectivity index (χ3n) is 3.07. The third-order valence-corrected chi connectivity index (χ3v) is 3.07. The number of halogens is 2. The van der Waals surface area contributed by atoms with Crippen LogP contribution in [0.1, 0.15) is 0 Å². The van der Waals surface area contributed by atoms with Crippen molar-refractivity contribution in [1.82, 2.24) is 9.55 Å². The van der Waals surface area contributed by atoms with Crippen LogP contribution in [0.2, 0.25) is 0 Å². The summed E-state index contributed by atoms with van der Waals surface area (Å²) in [6, 6.07) is 9.23. The number of hydrogen-bond acceptors (Lipinski definition) is 3. The highest BCUT2D eigenvalue weighted by Gasteiger charge is 2.17. The quantitative estimate of drug-likeness (QED) is 0.782. The van der Waals surface area contributed by atoms with Gasteiger partial charge in [0.15, 0.2) is 11.6 Å². The lowest BCUT2D eigenvalue weighted by atomic mass is 10.2. The van der Waals surface area contributed by atoms with E-state index in [-0.39, 0.29) is 11.5 Å². The SMILES string of the molecule is COc1ccc(-n2c(N)nc3ccc(F)c(F)c32)cc1. The summed E-state index contributed by atoms with van der Waals surface area (Å²) in [6.45, 7) is 0. The summed E-state index contributed by atoms with van der Waals surface area (Å²) in [5, 5.41) is 0. The number of anilines is 1. The van der Waals surface area contributed by atoms with E-state index in [9.17, 15) is 8.78 Å². The van der Waals surface area contributed by atoms with E-state index in [1.807, 2.05) is 0 Å². The van der Waals surface area contributed by atoms with E-state index >= 15 is 0 Å². The molecule has 6 heteroatoms. The number of nitrogens with two attached hydrogens (primary N) is 1. The Morgan fingerprint density at radius 1 is 1.10 bits per heavy atom. The van der Waals surface area contributed by atoms with Crippen molar-refractivity contribution in [2.75, 3.05) is 12.8 Å². The molecule has 0 bridgehead atoms. The molecule has 2 N–H and O–H groups in total. The molecule has 0 aliphatic heterocycles. The van der Waals surface area contributed by atoms with Crippen LogP contribution in [0.4, 0.5) is 14.7 Å². The Kier molecular flexibility index (Phi) is 2.78. The molecular formula is C14H11F2N3O. The van der Waals surface area contributed by atoms with Gasteiger partial charge in [0.05, 0.1) is 12.6 Å². The molecule has 4 nitrogen and oxygen atoms in total. The van der Waals surface area contributed by atoms with E-state index in [0.717, 1.165) is 6.07 Å². The molecule has 0 spiro atoms. The van der Waals surface area contributed by atoms with Crippen molar-refractivity contribution in [3.05, 3.63) is 48.0 Å². The highest BCUT2D eigenvalue weighted by molar-refractivity contribution is 5.81. The predicted molar refractivity (Wildman–Crippen MR) is 72.0 cm³/mol. The van der Waals surface area contributed by atoms with E-state index in [2.05, 4.69) is 4.98 Å². The Morgan fingerprint density at radius 3 is 2.45 bits per heavy atom. The molecule has 20 heavy (non-hydrogen) atoms. The molecule has 2 aromatic carbocycles. The second kappa shape index (κ2) is 4.48. The maximum Gasteiger partial charge on any atom is 0.206 e. The Bertz CT molecular complexity index is 781. The van der Waals surface area contributed by atoms with Gasteiger partial charge in [0, 0.05) is 5.69 Å². The Morgan fingerprint density at radius 2 is 1.80 bits per heavy atom. The standard InChI is InChI=1S/C14H11F2N3O/c1-20-9-4-2-8(3-5-9)19-13-11(18-14(19)17)7-6-10(15)12(13)16/h2-7H,1H3,(H2,17,18). The van der Waals surface area contributed by atoms with Gasteiger partial charge in [-0.3, -0.25) is 4.57 Å². The van der Waals surface area contributed by atoms with Crippen LogP contribution in [-0.4, -0.2) is 16.7 Å². The van der Waals surface area contributed by atoms with E-state index in [1.54, 1.807) is 31.4 Å². The van der Waals surface area contributed by atoms with Crippen LogP contribution in [0.3, 0.4) is 0 Å². The van der Waals surface area contributed by atoms with Crippen LogP contribution in [0.5, 0.6) is 5.75 Å². The molecule has 0 aliphatic carbocycles. The van der Waals surface area contributed by atoms with E-state index in [1.165, 1.54) is 10.6 Å². The first-order chi connectivity index (χ1) is 9.61. The lowest BCUT2D eigenvalue weighted by Crippen LogP contribution is -2.02. The third kappa shape index (κ3) is 1.77. The maximum absolute atomic E-state index is 14.0. The smallest absolute Gasteiger partial charge is 0.206 e. The van der Waals surface area contributed by atoms with Gasteiger partial charge in [-0.05, 0) is 36.4 Å². The first kappa shape index (κ1) is 12.4. The van der Waals surface area contributed by atoms with Crippen molar-refractivity contribution in [3.8, 4) is 11.4 Å². The minimum Gasteiger partial charge on any atom is -0.497 e. The summed E-state index contributed by atoms with van der Waals surface area (Å²) in [5.41, 5.74) is 6.71. The maximum atomic E-state index is 14.0. The number of imidazole rings is 1. The van der Waals surface area contributed by atoms with Crippen LogP contribution >= 0.6 is 0 Å². The zero-order valence-electron chi connectivity index (χ0n) is 10.6. The van der Waals surface area contributed by atoms with Gasteiger partial charge in [-0.25, -0.2) is 13.8 Å². The van der Waals surface area contributed by atoms with Crippen molar-refractivity contribution >= 4 is 17.0 Å². The highest BCUT2D eigenvalue weighted by Crippen LogP contribution is 2.27. The fourth-order valence-electron chi connectivity index (χ4n) is 2.11. The van der Waals surface area contributed by atoms with E-state index in [4.69, 9.17) is 10.5 Å². The summed E-state index contributed by atoms with van der Waals surface area (Å²) in [7, 11) is 1.55. The number of methoxy groups -OCH3 is 1. The first-order valence-electron chi connectivity index (χ1n) is 5.88. The van der Waals surface area contributed by atoms with Gasteiger partial charge in [-0.1, -0.05) is 0 Å². The van der Waals surface area contributed by atoms with Gasteiger partial charge in [0.1, 0.15) is 11.3 Å². The van der Waals surface area contributed by atoms with Crippen LogP contribution in [0.25, 0.3) is 16.7 Å². The molecule has 102 valence electrons. The van der Waals surface area contributed by atoms with Gasteiger partial charge in [-0.2, -0.15) is 0 Å². The first-order valence-corrected chi connectivity index (χ1v) is 5.88. The number of nitrogen functional groups attached to an aromatic ring is 1. The Hall–Kier alpha value is -2.63. The zero-order chi connectivity index (χ0) is 14.3. The predicted octanol–water partition coefficient (Wildman–Crippen LogP) is 2.89. The monoisotopic (exact) mass is 275 g/mol. The number of ether oxygens (including phenoxy) is 1. The molecule has 0 amide bonds. The number of aromatic nitrogens is 2. The lowest BCUT2D eigenvalue weighted by Gasteiger charge is -2.08. The topological polar surface area (TPSA) is 53.1 Å². The van der Waals surface area contributed by atoms with Crippen LogP contribution in [-0.2, 0) is 0 Å².